The van der Waals surface area contributed by atoms with Crippen molar-refractivity contribution in [2.75, 3.05) is 47.5 Å². The number of methoxy groups -OCH3 is 1. The zero-order valence-electron chi connectivity index (χ0n) is 22.8. The normalized spacial score (nSPS) is 11.5. The molecule has 0 heterocycles. The molecule has 1 N–H and O–H groups in total. The lowest BCUT2D eigenvalue weighted by Crippen LogP contribution is -2.42. The quantitative estimate of drug-likeness (QED) is 0.0947. The molecule has 0 fully saturated rings. The summed E-state index contributed by atoms with van der Waals surface area (Å²) in [5.41, 5.74) is 0. The molecule has 0 aromatic carbocycles. The van der Waals surface area contributed by atoms with Crippen LogP contribution >= 0.6 is 0 Å². The Hall–Kier alpha value is -1.14. The zero-order valence-corrected chi connectivity index (χ0v) is 22.8. The number of ether oxygens (including phenoxy) is 2. The average molecular weight is 487 g/mol. The Balaban J connectivity index is 3.26. The zero-order chi connectivity index (χ0) is 25.3. The number of likely N-dealkylation sites (N-methyl/N-ethyl adjacent to an activating group) is 1. The van der Waals surface area contributed by atoms with Gasteiger partial charge < -0.3 is 19.1 Å². The van der Waals surface area contributed by atoms with Crippen molar-refractivity contribution in [2.45, 2.75) is 122 Å². The van der Waals surface area contributed by atoms with Gasteiger partial charge in [0.05, 0.1) is 41.0 Å². The number of aliphatic hydroxyl groups excluding tert-OH is 1. The number of carbonyl (C=O) groups excluding carboxylic acids is 2. The lowest BCUT2D eigenvalue weighted by molar-refractivity contribution is -0.890. The molecule has 6 heteroatoms. The molecule has 0 aliphatic carbocycles. The largest absolute Gasteiger partial charge is 0.469 e. The van der Waals surface area contributed by atoms with E-state index in [0.717, 1.165) is 56.1 Å². The van der Waals surface area contributed by atoms with Crippen LogP contribution in [0.3, 0.4) is 0 Å². The molecule has 0 aliphatic heterocycles. The van der Waals surface area contributed by atoms with E-state index in [-0.39, 0.29) is 18.5 Å². The van der Waals surface area contributed by atoms with Crippen LogP contribution < -0.4 is 0 Å². The Kier molecular flexibility index (Phi) is 22.8. The van der Waals surface area contributed by atoms with Crippen molar-refractivity contribution in [3.8, 4) is 0 Å². The fourth-order valence-corrected chi connectivity index (χ4v) is 4.22. The van der Waals surface area contributed by atoms with Crippen molar-refractivity contribution in [3.05, 3.63) is 0 Å². The van der Waals surface area contributed by atoms with E-state index in [9.17, 15) is 9.59 Å². The van der Waals surface area contributed by atoms with Crippen LogP contribution in [0.2, 0.25) is 0 Å². The first-order valence-corrected chi connectivity index (χ1v) is 14.1. The number of aliphatic hydroxyl groups is 1. The van der Waals surface area contributed by atoms with Crippen LogP contribution in [0.15, 0.2) is 0 Å². The molecule has 0 aromatic heterocycles. The first kappa shape index (κ1) is 32.9. The number of hydrogen-bond acceptors (Lipinski definition) is 5. The Morgan fingerprint density at radius 1 is 0.588 bits per heavy atom. The van der Waals surface area contributed by atoms with Crippen LogP contribution in [0.1, 0.15) is 122 Å². The molecular weight excluding hydrogens is 430 g/mol. The van der Waals surface area contributed by atoms with Gasteiger partial charge >= 0.3 is 11.9 Å². The number of hydrogen-bond donors (Lipinski definition) is 1. The highest BCUT2D eigenvalue weighted by Gasteiger charge is 2.12. The Bertz CT molecular complexity index is 481. The minimum Gasteiger partial charge on any atom is -0.469 e. The highest BCUT2D eigenvalue weighted by molar-refractivity contribution is 5.69. The third kappa shape index (κ3) is 24.0. The number of esters is 2. The minimum absolute atomic E-state index is 0.0383. The summed E-state index contributed by atoms with van der Waals surface area (Å²) in [6.07, 6.45) is 21.0. The Morgan fingerprint density at radius 2 is 1.00 bits per heavy atom. The second-order valence-corrected chi connectivity index (χ2v) is 10.4. The van der Waals surface area contributed by atoms with E-state index in [1.54, 1.807) is 0 Å². The molecule has 0 bridgehead atoms. The van der Waals surface area contributed by atoms with E-state index >= 15 is 0 Å². The van der Waals surface area contributed by atoms with Crippen LogP contribution in [0.5, 0.6) is 0 Å². The molecule has 0 rings (SSSR count). The fourth-order valence-electron chi connectivity index (χ4n) is 4.22. The average Bonchev–Trinajstić information content (AvgIpc) is 2.80. The van der Waals surface area contributed by atoms with Gasteiger partial charge in [0, 0.05) is 12.8 Å². The number of nitrogens with zero attached hydrogens (tertiary/aromatic N) is 1. The maximum absolute atomic E-state index is 11.8. The van der Waals surface area contributed by atoms with E-state index in [2.05, 4.69) is 18.8 Å². The molecule has 0 amide bonds. The molecule has 0 spiro atoms. The maximum Gasteiger partial charge on any atom is 0.305 e. The standard InChI is InChI=1S/C28H56NO5/c1-29(2,24-25-30)23-19-15-11-7-4-8-12-16-20-26-34-28(32)22-18-14-10-6-5-9-13-17-21-27(31)33-3/h30H,4-26H2,1-3H3/q+1. The van der Waals surface area contributed by atoms with Crippen LogP contribution in [0.4, 0.5) is 0 Å². The van der Waals surface area contributed by atoms with Gasteiger partial charge in [-0.25, -0.2) is 0 Å². The minimum atomic E-state index is -0.112. The SMILES string of the molecule is COC(=O)CCCCCCCCCCC(=O)OCCCCCCCCCCC[N+](C)(C)CCO. The molecule has 0 radical (unpaired) electrons. The summed E-state index contributed by atoms with van der Waals surface area (Å²) < 4.78 is 10.9. The van der Waals surface area contributed by atoms with Crippen molar-refractivity contribution >= 4 is 11.9 Å². The molecule has 0 aromatic rings. The molecule has 202 valence electrons. The van der Waals surface area contributed by atoms with Crippen molar-refractivity contribution in [2.24, 2.45) is 0 Å². The lowest BCUT2D eigenvalue weighted by Gasteiger charge is -2.28. The van der Waals surface area contributed by atoms with Crippen LogP contribution in [0, 0.1) is 0 Å². The number of unbranched alkanes of at least 4 members (excludes halogenated alkanes) is 15. The molecule has 0 saturated carbocycles. The van der Waals surface area contributed by atoms with Gasteiger partial charge in [0.2, 0.25) is 0 Å². The summed E-state index contributed by atoms with van der Waals surface area (Å²) in [4.78, 5) is 22.8. The predicted molar refractivity (Wildman–Crippen MR) is 140 cm³/mol. The number of quaternary nitrogens is 1. The van der Waals surface area contributed by atoms with Gasteiger partial charge in [0.15, 0.2) is 0 Å². The van der Waals surface area contributed by atoms with Gasteiger partial charge in [-0.3, -0.25) is 9.59 Å². The first-order chi connectivity index (χ1) is 16.4. The Morgan fingerprint density at radius 3 is 1.47 bits per heavy atom. The monoisotopic (exact) mass is 486 g/mol. The molecule has 34 heavy (non-hydrogen) atoms. The Labute approximate surface area is 210 Å². The summed E-state index contributed by atoms with van der Waals surface area (Å²) in [7, 11) is 5.82. The van der Waals surface area contributed by atoms with Crippen LogP contribution in [-0.2, 0) is 19.1 Å². The fraction of sp³-hybridized carbons (Fsp3) is 0.929. The highest BCUT2D eigenvalue weighted by Crippen LogP contribution is 2.13. The second kappa shape index (κ2) is 23.6. The van der Waals surface area contributed by atoms with Crippen LogP contribution in [-0.4, -0.2) is 69.0 Å². The van der Waals surface area contributed by atoms with Crippen molar-refractivity contribution in [3.63, 3.8) is 0 Å². The van der Waals surface area contributed by atoms with Crippen molar-refractivity contribution in [1.82, 2.24) is 0 Å². The van der Waals surface area contributed by atoms with Gasteiger partial charge in [0.1, 0.15) is 6.54 Å². The number of rotatable bonds is 25. The van der Waals surface area contributed by atoms with E-state index in [1.165, 1.54) is 77.7 Å². The summed E-state index contributed by atoms with van der Waals surface area (Å²) in [5.74, 6) is -0.150. The van der Waals surface area contributed by atoms with Gasteiger partial charge in [-0.2, -0.15) is 0 Å². The topological polar surface area (TPSA) is 72.8 Å². The first-order valence-electron chi connectivity index (χ1n) is 14.1. The van der Waals surface area contributed by atoms with Gasteiger partial charge in [-0.15, -0.1) is 0 Å². The molecule has 0 atom stereocenters. The van der Waals surface area contributed by atoms with E-state index in [0.29, 0.717) is 19.4 Å². The molecule has 0 unspecified atom stereocenters. The van der Waals surface area contributed by atoms with E-state index in [1.807, 2.05) is 0 Å². The van der Waals surface area contributed by atoms with Gasteiger partial charge in [-0.05, 0) is 32.1 Å². The second-order valence-electron chi connectivity index (χ2n) is 10.4. The smallest absolute Gasteiger partial charge is 0.305 e. The third-order valence-electron chi connectivity index (χ3n) is 6.62. The van der Waals surface area contributed by atoms with Crippen LogP contribution in [0.25, 0.3) is 0 Å². The summed E-state index contributed by atoms with van der Waals surface area (Å²) in [6, 6.07) is 0. The van der Waals surface area contributed by atoms with Gasteiger partial charge in [-0.1, -0.05) is 77.0 Å². The molecule has 0 saturated heterocycles. The molecule has 6 nitrogen and oxygen atoms in total. The van der Waals surface area contributed by atoms with Crippen molar-refractivity contribution < 1.29 is 28.7 Å². The number of carbonyl (C=O) groups is 2. The third-order valence-corrected chi connectivity index (χ3v) is 6.62. The summed E-state index contributed by atoms with van der Waals surface area (Å²) >= 11 is 0. The predicted octanol–water partition coefficient (Wildman–Crippen LogP) is 6.18. The summed E-state index contributed by atoms with van der Waals surface area (Å²) in [5, 5.41) is 9.06. The lowest BCUT2D eigenvalue weighted by atomic mass is 10.1. The van der Waals surface area contributed by atoms with Gasteiger partial charge in [0.25, 0.3) is 0 Å². The van der Waals surface area contributed by atoms with Crippen molar-refractivity contribution in [1.29, 1.82) is 0 Å². The summed E-state index contributed by atoms with van der Waals surface area (Å²) in [6.45, 7) is 2.85. The highest BCUT2D eigenvalue weighted by atomic mass is 16.5. The molecular formula is C28H56NO5+. The van der Waals surface area contributed by atoms with E-state index < -0.39 is 0 Å². The molecule has 0 aliphatic rings. The maximum atomic E-state index is 11.8. The van der Waals surface area contributed by atoms with E-state index in [4.69, 9.17) is 9.84 Å².